The Morgan fingerprint density at radius 1 is 0.544 bits per heavy atom. The van der Waals surface area contributed by atoms with E-state index in [2.05, 4.69) is 0 Å². The summed E-state index contributed by atoms with van der Waals surface area (Å²) < 4.78 is 45.4. The first-order valence-electron chi connectivity index (χ1n) is 21.7. The summed E-state index contributed by atoms with van der Waals surface area (Å²) >= 11 is 0. The molecule has 2 heterocycles. The Labute approximate surface area is 392 Å². The first-order chi connectivity index (χ1) is 32.6. The SMILES string of the molecule is COc1cc(C(O)C(CO)Oc2ccc(CC3(O)COC(c4cc(OC)c(O)c(-c5cc(CC6(O)COC(c7ccc(O)c(OC)c7)C6CO)cc(OC)c5O)c4)C3CO)cc2OC)ccc1O. The molecule has 0 saturated carbocycles. The average Bonchev–Trinajstić information content (AvgIpc) is 3.86. The van der Waals surface area contributed by atoms with Crippen molar-refractivity contribution in [2.24, 2.45) is 11.8 Å². The maximum atomic E-state index is 12.2. The highest BCUT2D eigenvalue weighted by atomic mass is 16.5. The number of phenolic OH excluding ortho intramolecular Hbond substituents is 4. The second-order valence-electron chi connectivity index (χ2n) is 17.0. The van der Waals surface area contributed by atoms with Crippen LogP contribution in [0.25, 0.3) is 11.1 Å². The minimum absolute atomic E-state index is 0.0106. The molecule has 0 amide bonds. The molecule has 2 fully saturated rings. The van der Waals surface area contributed by atoms with Crippen LogP contribution in [0.15, 0.2) is 78.9 Å². The fourth-order valence-electron chi connectivity index (χ4n) is 9.27. The molecule has 2 aliphatic heterocycles. The summed E-state index contributed by atoms with van der Waals surface area (Å²) in [5.74, 6) is -1.97. The molecule has 5 aromatic carbocycles. The number of aliphatic hydroxyl groups is 6. The molecule has 0 aliphatic carbocycles. The van der Waals surface area contributed by atoms with E-state index in [0.717, 1.165) is 0 Å². The number of hydrogen-bond donors (Lipinski definition) is 10. The van der Waals surface area contributed by atoms with Crippen LogP contribution in [0.5, 0.6) is 57.5 Å². The van der Waals surface area contributed by atoms with Crippen LogP contribution in [-0.2, 0) is 22.3 Å². The lowest BCUT2D eigenvalue weighted by Crippen LogP contribution is -2.41. The molecule has 2 saturated heterocycles. The molecule has 7 rings (SSSR count). The molecule has 0 radical (unpaired) electrons. The highest BCUT2D eigenvalue weighted by Gasteiger charge is 2.50. The summed E-state index contributed by atoms with van der Waals surface area (Å²) in [6.45, 7) is -1.99. The van der Waals surface area contributed by atoms with Gasteiger partial charge in [-0.1, -0.05) is 18.2 Å². The normalized spacial score (nSPS) is 23.2. The van der Waals surface area contributed by atoms with Crippen molar-refractivity contribution in [1.82, 2.24) is 0 Å². The topological polar surface area (TPSA) is 276 Å². The minimum Gasteiger partial charge on any atom is -0.504 e. The van der Waals surface area contributed by atoms with Gasteiger partial charge < -0.3 is 89.0 Å². The van der Waals surface area contributed by atoms with E-state index in [0.29, 0.717) is 27.8 Å². The van der Waals surface area contributed by atoms with Crippen molar-refractivity contribution in [3.05, 3.63) is 107 Å². The molecule has 8 unspecified atom stereocenters. The predicted molar refractivity (Wildman–Crippen MR) is 243 cm³/mol. The van der Waals surface area contributed by atoms with Gasteiger partial charge in [0.2, 0.25) is 0 Å². The lowest BCUT2D eigenvalue weighted by Gasteiger charge is -2.30. The average molecular weight is 947 g/mol. The molecule has 8 atom stereocenters. The number of methoxy groups -OCH3 is 5. The number of phenols is 4. The van der Waals surface area contributed by atoms with Crippen molar-refractivity contribution >= 4 is 0 Å². The highest BCUT2D eigenvalue weighted by molar-refractivity contribution is 5.81. The summed E-state index contributed by atoms with van der Waals surface area (Å²) in [5, 5.41) is 110. The van der Waals surface area contributed by atoms with Gasteiger partial charge in [-0.3, -0.25) is 0 Å². The van der Waals surface area contributed by atoms with Crippen molar-refractivity contribution < 1.29 is 89.0 Å². The fraction of sp³-hybridized carbons (Fsp3) is 0.400. The molecule has 5 aromatic rings. The first-order valence-corrected chi connectivity index (χ1v) is 21.7. The summed E-state index contributed by atoms with van der Waals surface area (Å²) in [4.78, 5) is 0. The Hall–Kier alpha value is -6.22. The van der Waals surface area contributed by atoms with Crippen molar-refractivity contribution in [3.8, 4) is 68.6 Å². The minimum atomic E-state index is -1.66. The summed E-state index contributed by atoms with van der Waals surface area (Å²) in [6.07, 6.45) is -4.34. The Balaban J connectivity index is 1.15. The van der Waals surface area contributed by atoms with E-state index in [1.54, 1.807) is 42.5 Å². The molecule has 18 nitrogen and oxygen atoms in total. The van der Waals surface area contributed by atoms with Crippen molar-refractivity contribution in [2.45, 2.75) is 48.5 Å². The maximum absolute atomic E-state index is 12.2. The molecule has 0 spiro atoms. The third kappa shape index (κ3) is 9.59. The molecule has 68 heavy (non-hydrogen) atoms. The Morgan fingerprint density at radius 2 is 1.04 bits per heavy atom. The summed E-state index contributed by atoms with van der Waals surface area (Å²) in [6, 6.07) is 19.9. The fourth-order valence-corrected chi connectivity index (χ4v) is 9.27. The van der Waals surface area contributed by atoms with Crippen LogP contribution in [0.4, 0.5) is 0 Å². The summed E-state index contributed by atoms with van der Waals surface area (Å²) in [5.41, 5.74) is -0.854. The zero-order valence-electron chi connectivity index (χ0n) is 38.2. The van der Waals surface area contributed by atoms with E-state index in [1.807, 2.05) is 0 Å². The number of aromatic hydroxyl groups is 4. The predicted octanol–water partition coefficient (Wildman–Crippen LogP) is 4.00. The maximum Gasteiger partial charge on any atom is 0.165 e. The van der Waals surface area contributed by atoms with Gasteiger partial charge in [0.15, 0.2) is 63.6 Å². The first kappa shape index (κ1) is 49.7. The Kier molecular flexibility index (Phi) is 15.0. The number of ether oxygens (including phenoxy) is 8. The molecule has 366 valence electrons. The molecule has 0 aromatic heterocycles. The van der Waals surface area contributed by atoms with Gasteiger partial charge in [0.25, 0.3) is 0 Å². The number of hydrogen-bond acceptors (Lipinski definition) is 18. The van der Waals surface area contributed by atoms with Crippen LogP contribution in [0.1, 0.15) is 46.1 Å². The largest absolute Gasteiger partial charge is 0.504 e. The smallest absolute Gasteiger partial charge is 0.165 e. The lowest BCUT2D eigenvalue weighted by molar-refractivity contribution is -0.0155. The van der Waals surface area contributed by atoms with E-state index in [9.17, 15) is 51.1 Å². The van der Waals surface area contributed by atoms with Crippen LogP contribution in [-0.4, -0.2) is 137 Å². The van der Waals surface area contributed by atoms with Crippen LogP contribution in [0.3, 0.4) is 0 Å². The zero-order chi connectivity index (χ0) is 49.1. The van der Waals surface area contributed by atoms with Crippen LogP contribution >= 0.6 is 0 Å². The molecule has 0 bridgehead atoms. The molecule has 2 aliphatic rings. The molecule has 18 heteroatoms. The number of aliphatic hydroxyl groups excluding tert-OH is 4. The molecule has 10 N–H and O–H groups in total. The van der Waals surface area contributed by atoms with Gasteiger partial charge in [-0.05, 0) is 88.5 Å². The second kappa shape index (κ2) is 20.6. The van der Waals surface area contributed by atoms with Crippen molar-refractivity contribution in [1.29, 1.82) is 0 Å². The molecular weight excluding hydrogens is 889 g/mol. The van der Waals surface area contributed by atoms with Gasteiger partial charge in [-0.15, -0.1) is 0 Å². The Morgan fingerprint density at radius 3 is 1.62 bits per heavy atom. The Bertz CT molecular complexity index is 2570. The van der Waals surface area contributed by atoms with Crippen LogP contribution in [0.2, 0.25) is 0 Å². The van der Waals surface area contributed by atoms with Gasteiger partial charge in [0.1, 0.15) is 6.10 Å². The number of rotatable bonds is 19. The van der Waals surface area contributed by atoms with Gasteiger partial charge in [0, 0.05) is 35.8 Å². The van der Waals surface area contributed by atoms with Crippen molar-refractivity contribution in [3.63, 3.8) is 0 Å². The van der Waals surface area contributed by atoms with E-state index in [-0.39, 0.29) is 94.7 Å². The van der Waals surface area contributed by atoms with E-state index in [4.69, 9.17) is 37.9 Å². The molecular formula is C50H58O18. The zero-order valence-corrected chi connectivity index (χ0v) is 38.2. The third-order valence-electron chi connectivity index (χ3n) is 13.0. The van der Waals surface area contributed by atoms with Crippen LogP contribution in [0, 0.1) is 11.8 Å². The monoisotopic (exact) mass is 946 g/mol. The van der Waals surface area contributed by atoms with Crippen molar-refractivity contribution in [2.75, 3.05) is 68.6 Å². The van der Waals surface area contributed by atoms with E-state index < -0.39 is 67.3 Å². The third-order valence-corrected chi connectivity index (χ3v) is 13.0. The second-order valence-corrected chi connectivity index (χ2v) is 17.0. The van der Waals surface area contributed by atoms with Crippen LogP contribution < -0.4 is 28.4 Å². The summed E-state index contributed by atoms with van der Waals surface area (Å²) in [7, 11) is 6.87. The van der Waals surface area contributed by atoms with Gasteiger partial charge >= 0.3 is 0 Å². The lowest BCUT2D eigenvalue weighted by atomic mass is 9.79. The van der Waals surface area contributed by atoms with Gasteiger partial charge in [0.05, 0.1) is 92.0 Å². The number of benzene rings is 5. The quantitative estimate of drug-likeness (QED) is 0.0560. The van der Waals surface area contributed by atoms with Gasteiger partial charge in [-0.25, -0.2) is 0 Å². The van der Waals surface area contributed by atoms with E-state index in [1.165, 1.54) is 71.9 Å². The highest BCUT2D eigenvalue weighted by Crippen LogP contribution is 2.51. The standard InChI is InChI=1S/C50H58O18/c1-61-38-16-28(7-9-35(38)54)44(56)43(23-53)68-37-11-6-26(13-40(37)63-3)19-49(59)24-67-48(34(49)22-52)30-15-32(46(58)42(18-30)65-5)31-12-27(14-41(64-4)45(31)57)20-50(60)25-66-47(33(50)21-51)29-8-10-36(55)39(17-29)62-2/h6-18,33-34,43-44,47-48,51-60H,19-25H2,1-5H3. The van der Waals surface area contributed by atoms with Gasteiger partial charge in [-0.2, -0.15) is 0 Å². The van der Waals surface area contributed by atoms with E-state index >= 15 is 0 Å².